The van der Waals surface area contributed by atoms with Crippen molar-refractivity contribution in [1.29, 1.82) is 0 Å². The van der Waals surface area contributed by atoms with E-state index in [4.69, 9.17) is 0 Å². The van der Waals surface area contributed by atoms with Gasteiger partial charge in [0.05, 0.1) is 0 Å². The van der Waals surface area contributed by atoms with E-state index in [0.29, 0.717) is 0 Å². The summed E-state index contributed by atoms with van der Waals surface area (Å²) in [6.07, 6.45) is 0. The molecule has 3 aromatic rings. The highest BCUT2D eigenvalue weighted by Crippen LogP contribution is 2.33. The third kappa shape index (κ3) is 3.58. The molecule has 0 saturated heterocycles. The van der Waals surface area contributed by atoms with Gasteiger partial charge in [0.25, 0.3) is 0 Å². The van der Waals surface area contributed by atoms with Gasteiger partial charge in [-0.1, -0.05) is 63.2 Å². The molecule has 25 heavy (non-hydrogen) atoms. The molecule has 1 N–H and O–H groups in total. The van der Waals surface area contributed by atoms with Gasteiger partial charge < -0.3 is 4.98 Å². The summed E-state index contributed by atoms with van der Waals surface area (Å²) in [5.74, 6) is 0. The Morgan fingerprint density at radius 1 is 0.800 bits per heavy atom. The SMILES string of the molecule is Cc1cc(C(C)(C)C)cc(C)c1-c1cc(-c2ccccc2)[nH]c(=O)c1. The van der Waals surface area contributed by atoms with Crippen LogP contribution < -0.4 is 5.56 Å². The average Bonchev–Trinajstić information content (AvgIpc) is 2.53. The zero-order valence-electron chi connectivity index (χ0n) is 15.6. The first-order chi connectivity index (χ1) is 11.8. The predicted octanol–water partition coefficient (Wildman–Crippen LogP) is 5.62. The third-order valence-electron chi connectivity index (χ3n) is 4.62. The summed E-state index contributed by atoms with van der Waals surface area (Å²) in [6.45, 7) is 10.9. The highest BCUT2D eigenvalue weighted by molar-refractivity contribution is 5.75. The minimum Gasteiger partial charge on any atom is -0.322 e. The molecule has 0 bridgehead atoms. The molecule has 0 spiro atoms. The number of aromatic amines is 1. The second kappa shape index (κ2) is 6.36. The number of hydrogen-bond acceptors (Lipinski definition) is 1. The Hall–Kier alpha value is -2.61. The van der Waals surface area contributed by atoms with E-state index in [0.717, 1.165) is 22.4 Å². The molecule has 0 saturated carbocycles. The van der Waals surface area contributed by atoms with Gasteiger partial charge in [0.15, 0.2) is 0 Å². The van der Waals surface area contributed by atoms with Crippen LogP contribution in [0.3, 0.4) is 0 Å². The van der Waals surface area contributed by atoms with Crippen molar-refractivity contribution in [3.63, 3.8) is 0 Å². The average molecular weight is 331 g/mol. The number of nitrogens with one attached hydrogen (secondary N) is 1. The van der Waals surface area contributed by atoms with Crippen LogP contribution in [-0.4, -0.2) is 4.98 Å². The normalized spacial score (nSPS) is 11.6. The molecule has 2 heteroatoms. The van der Waals surface area contributed by atoms with Crippen molar-refractivity contribution >= 4 is 0 Å². The number of hydrogen-bond donors (Lipinski definition) is 1. The third-order valence-corrected chi connectivity index (χ3v) is 4.62. The Balaban J connectivity index is 2.18. The first kappa shape index (κ1) is 17.2. The smallest absolute Gasteiger partial charge is 0.249 e. The molecule has 2 aromatic carbocycles. The standard InChI is InChI=1S/C23H25NO/c1-15-11-19(23(3,4)5)12-16(2)22(15)18-13-20(24-21(25)14-18)17-9-7-6-8-10-17/h6-14H,1-5H3,(H,24,25). The molecule has 3 rings (SSSR count). The topological polar surface area (TPSA) is 32.9 Å². The van der Waals surface area contributed by atoms with Crippen molar-refractivity contribution in [2.75, 3.05) is 0 Å². The minimum atomic E-state index is -0.0740. The second-order valence-electron chi connectivity index (χ2n) is 7.75. The van der Waals surface area contributed by atoms with E-state index in [1.807, 2.05) is 30.3 Å². The van der Waals surface area contributed by atoms with Crippen molar-refractivity contribution in [1.82, 2.24) is 4.98 Å². The first-order valence-electron chi connectivity index (χ1n) is 8.67. The zero-order valence-corrected chi connectivity index (χ0v) is 15.6. The Kier molecular flexibility index (Phi) is 4.38. The molecule has 0 aliphatic carbocycles. The van der Waals surface area contributed by atoms with Gasteiger partial charge in [-0.05, 0) is 58.7 Å². The zero-order chi connectivity index (χ0) is 18.2. The minimum absolute atomic E-state index is 0.0740. The lowest BCUT2D eigenvalue weighted by Crippen LogP contribution is -2.12. The number of benzene rings is 2. The summed E-state index contributed by atoms with van der Waals surface area (Å²) in [5.41, 5.74) is 7.75. The van der Waals surface area contributed by atoms with Crippen LogP contribution in [0.2, 0.25) is 0 Å². The Morgan fingerprint density at radius 2 is 1.40 bits per heavy atom. The Labute approximate surface area is 149 Å². The van der Waals surface area contributed by atoms with Gasteiger partial charge in [-0.3, -0.25) is 4.79 Å². The maximum atomic E-state index is 12.3. The van der Waals surface area contributed by atoms with Gasteiger partial charge in [-0.25, -0.2) is 0 Å². The molecule has 0 atom stereocenters. The number of pyridine rings is 1. The highest BCUT2D eigenvalue weighted by Gasteiger charge is 2.17. The molecule has 0 amide bonds. The van der Waals surface area contributed by atoms with Crippen LogP contribution in [0.1, 0.15) is 37.5 Å². The lowest BCUT2D eigenvalue weighted by molar-refractivity contribution is 0.589. The van der Waals surface area contributed by atoms with Crippen molar-refractivity contribution in [2.24, 2.45) is 0 Å². The van der Waals surface area contributed by atoms with Gasteiger partial charge >= 0.3 is 0 Å². The Morgan fingerprint density at radius 3 is 1.96 bits per heavy atom. The molecule has 0 aliphatic rings. The summed E-state index contributed by atoms with van der Waals surface area (Å²) in [6, 6.07) is 18.2. The second-order valence-corrected chi connectivity index (χ2v) is 7.75. The largest absolute Gasteiger partial charge is 0.322 e. The summed E-state index contributed by atoms with van der Waals surface area (Å²) in [5, 5.41) is 0. The lowest BCUT2D eigenvalue weighted by atomic mass is 9.82. The number of rotatable bonds is 2. The molecule has 0 unspecified atom stereocenters. The summed E-state index contributed by atoms with van der Waals surface area (Å²) in [4.78, 5) is 15.2. The van der Waals surface area contributed by atoms with Crippen LogP contribution >= 0.6 is 0 Å². The molecular formula is C23H25NO. The van der Waals surface area contributed by atoms with E-state index in [2.05, 4.69) is 57.8 Å². The van der Waals surface area contributed by atoms with Gasteiger partial charge in [0.2, 0.25) is 5.56 Å². The van der Waals surface area contributed by atoms with E-state index in [1.165, 1.54) is 16.7 Å². The molecule has 2 nitrogen and oxygen atoms in total. The maximum absolute atomic E-state index is 12.3. The van der Waals surface area contributed by atoms with E-state index < -0.39 is 0 Å². The number of aryl methyl sites for hydroxylation is 2. The Bertz CT molecular complexity index is 936. The van der Waals surface area contributed by atoms with Crippen molar-refractivity contribution in [3.05, 3.63) is 81.6 Å². The van der Waals surface area contributed by atoms with E-state index >= 15 is 0 Å². The fourth-order valence-corrected chi connectivity index (χ4v) is 3.31. The maximum Gasteiger partial charge on any atom is 0.249 e. The molecule has 1 heterocycles. The van der Waals surface area contributed by atoms with Crippen LogP contribution in [-0.2, 0) is 5.41 Å². The van der Waals surface area contributed by atoms with Gasteiger partial charge in [-0.2, -0.15) is 0 Å². The molecule has 0 aliphatic heterocycles. The number of H-pyrrole nitrogens is 1. The van der Waals surface area contributed by atoms with E-state index in [1.54, 1.807) is 6.07 Å². The van der Waals surface area contributed by atoms with Gasteiger partial charge in [0.1, 0.15) is 0 Å². The van der Waals surface area contributed by atoms with Crippen LogP contribution in [0.4, 0.5) is 0 Å². The monoisotopic (exact) mass is 331 g/mol. The molecule has 1 aromatic heterocycles. The van der Waals surface area contributed by atoms with Gasteiger partial charge in [-0.15, -0.1) is 0 Å². The van der Waals surface area contributed by atoms with Gasteiger partial charge in [0, 0.05) is 11.8 Å². The van der Waals surface area contributed by atoms with Crippen molar-refractivity contribution in [3.8, 4) is 22.4 Å². The summed E-state index contributed by atoms with van der Waals surface area (Å²) in [7, 11) is 0. The lowest BCUT2D eigenvalue weighted by Gasteiger charge is -2.22. The van der Waals surface area contributed by atoms with Crippen molar-refractivity contribution < 1.29 is 0 Å². The van der Waals surface area contributed by atoms with Crippen LogP contribution in [0.15, 0.2) is 59.4 Å². The number of aromatic nitrogens is 1. The first-order valence-corrected chi connectivity index (χ1v) is 8.67. The molecule has 128 valence electrons. The molecule has 0 radical (unpaired) electrons. The van der Waals surface area contributed by atoms with Crippen LogP contribution in [0.25, 0.3) is 22.4 Å². The predicted molar refractivity (Wildman–Crippen MR) is 106 cm³/mol. The van der Waals surface area contributed by atoms with Crippen LogP contribution in [0.5, 0.6) is 0 Å². The van der Waals surface area contributed by atoms with E-state index in [9.17, 15) is 4.79 Å². The summed E-state index contributed by atoms with van der Waals surface area (Å²) >= 11 is 0. The van der Waals surface area contributed by atoms with E-state index in [-0.39, 0.29) is 11.0 Å². The van der Waals surface area contributed by atoms with Crippen LogP contribution in [0, 0.1) is 13.8 Å². The molecule has 0 fully saturated rings. The van der Waals surface area contributed by atoms with Crippen molar-refractivity contribution in [2.45, 2.75) is 40.0 Å². The summed E-state index contributed by atoms with van der Waals surface area (Å²) < 4.78 is 0. The fraction of sp³-hybridized carbons (Fsp3) is 0.261. The molecular weight excluding hydrogens is 306 g/mol. The fourth-order valence-electron chi connectivity index (χ4n) is 3.31. The quantitative estimate of drug-likeness (QED) is 0.649. The highest BCUT2D eigenvalue weighted by atomic mass is 16.1.